The van der Waals surface area contributed by atoms with E-state index in [1.165, 1.54) is 0 Å². The molecule has 0 aromatic heterocycles. The zero-order valence-corrected chi connectivity index (χ0v) is 24.6. The van der Waals surface area contributed by atoms with Crippen LogP contribution in [0.4, 0.5) is 9.59 Å². The maximum Gasteiger partial charge on any atom is 0.407 e. The lowest BCUT2D eigenvalue weighted by molar-refractivity contribution is 0.0515. The second-order valence-electron chi connectivity index (χ2n) is 10.3. The smallest absolute Gasteiger partial charge is 0.407 e. The lowest BCUT2D eigenvalue weighted by atomic mass is 10.0. The molecule has 13 heteroatoms. The van der Waals surface area contributed by atoms with Crippen LogP contribution in [0.25, 0.3) is 0 Å². The van der Waals surface area contributed by atoms with Crippen LogP contribution in [0.2, 0.25) is 0 Å². The molecule has 0 aromatic carbocycles. The van der Waals surface area contributed by atoms with E-state index in [0.29, 0.717) is 13.1 Å². The molecule has 0 aromatic rings. The summed E-state index contributed by atoms with van der Waals surface area (Å²) in [5.41, 5.74) is 4.55. The Kier molecular flexibility index (Phi) is 26.9. The molecule has 8 N–H and O–H groups in total. The zero-order valence-electron chi connectivity index (χ0n) is 23.8. The number of ether oxygens (including phenoxy) is 2. The van der Waals surface area contributed by atoms with Gasteiger partial charge in [0.25, 0.3) is 0 Å². The minimum absolute atomic E-state index is 0. The molecule has 220 valence electrons. The minimum Gasteiger partial charge on any atom is -0.444 e. The number of rotatable bonds is 11. The molecule has 0 unspecified atom stereocenters. The summed E-state index contributed by atoms with van der Waals surface area (Å²) < 4.78 is 10.2. The molecule has 0 aliphatic rings. The first-order valence-electron chi connectivity index (χ1n) is 12.2. The normalized spacial score (nSPS) is 12.5. The second kappa shape index (κ2) is 23.9. The van der Waals surface area contributed by atoms with E-state index in [1.807, 2.05) is 55.4 Å². The maximum atomic E-state index is 11.3. The number of nitriles is 1. The van der Waals surface area contributed by atoms with E-state index in [-0.39, 0.29) is 36.2 Å². The summed E-state index contributed by atoms with van der Waals surface area (Å²) in [5, 5.41) is 31.9. The van der Waals surface area contributed by atoms with Gasteiger partial charge in [-0.25, -0.2) is 15.5 Å². The summed E-state index contributed by atoms with van der Waals surface area (Å²) in [4.78, 5) is 22.5. The summed E-state index contributed by atoms with van der Waals surface area (Å²) >= 11 is 0. The first kappa shape index (κ1) is 41.6. The standard InChI is InChI=1S/C12H25N3O3.C12H22N2O2.ClH.H3NO/c1-9(10(13)15-17)7-5-6-8-14-11(16)18-12(2,3)4;1-10(9-13)7-5-6-8-14-11(15)16-12(2,3)4;;1-2/h9,17H,5-8H2,1-4H3,(H2,13,15)(H,14,16);10H,5-8H2,1-4H3,(H,14,15);1H;2H,1H2/t9-;10-;;/m00../s1. The number of carbonyl (C=O) groups is 2. The largest absolute Gasteiger partial charge is 0.444 e. The number of amides is 2. The highest BCUT2D eigenvalue weighted by Gasteiger charge is 2.16. The van der Waals surface area contributed by atoms with Gasteiger partial charge in [0.05, 0.1) is 6.07 Å². The first-order valence-corrected chi connectivity index (χ1v) is 12.2. The SMILES string of the molecule is C[C@@H](CCCCNC(=O)OC(C)(C)C)/C(N)=N/O.C[C@H](C#N)CCCCNC(=O)OC(C)(C)C.Cl.NO. The van der Waals surface area contributed by atoms with Crippen LogP contribution in [0.3, 0.4) is 0 Å². The van der Waals surface area contributed by atoms with Gasteiger partial charge in [-0.15, -0.1) is 12.4 Å². The van der Waals surface area contributed by atoms with Crippen LogP contribution in [0.15, 0.2) is 5.16 Å². The molecule has 0 spiro atoms. The van der Waals surface area contributed by atoms with Crippen molar-refractivity contribution in [3.63, 3.8) is 0 Å². The van der Waals surface area contributed by atoms with E-state index in [9.17, 15) is 9.59 Å². The van der Waals surface area contributed by atoms with Crippen LogP contribution in [-0.2, 0) is 9.47 Å². The van der Waals surface area contributed by atoms with Crippen LogP contribution in [0.1, 0.15) is 93.9 Å². The quantitative estimate of drug-likeness (QED) is 0.0688. The summed E-state index contributed by atoms with van der Waals surface area (Å²) in [6.45, 7) is 16.0. The molecule has 2 amide bonds. The predicted molar refractivity (Wildman–Crippen MR) is 147 cm³/mol. The van der Waals surface area contributed by atoms with Gasteiger partial charge in [-0.3, -0.25) is 0 Å². The molecule has 0 bridgehead atoms. The van der Waals surface area contributed by atoms with Crippen LogP contribution in [-0.4, -0.2) is 52.7 Å². The van der Waals surface area contributed by atoms with Gasteiger partial charge in [0.1, 0.15) is 17.0 Å². The fraction of sp³-hybridized carbons (Fsp3) is 0.833. The van der Waals surface area contributed by atoms with Gasteiger partial charge in [0.15, 0.2) is 0 Å². The third kappa shape index (κ3) is 33.5. The number of unbranched alkanes of at least 4 members (excludes halogenated alkanes) is 2. The Morgan fingerprint density at radius 3 is 1.59 bits per heavy atom. The number of amidine groups is 1. The molecule has 2 atom stereocenters. The van der Waals surface area contributed by atoms with Gasteiger partial charge in [-0.05, 0) is 74.1 Å². The summed E-state index contributed by atoms with van der Waals surface area (Å²) in [5.74, 6) is 3.90. The van der Waals surface area contributed by atoms with E-state index in [2.05, 4.69) is 27.8 Å². The van der Waals surface area contributed by atoms with Gasteiger partial charge in [0, 0.05) is 24.9 Å². The zero-order chi connectivity index (χ0) is 28.8. The Hall–Kier alpha value is -2.49. The Morgan fingerprint density at radius 1 is 0.892 bits per heavy atom. The van der Waals surface area contributed by atoms with Crippen molar-refractivity contribution in [3.8, 4) is 6.07 Å². The second-order valence-corrected chi connectivity index (χ2v) is 10.3. The summed E-state index contributed by atoms with van der Waals surface area (Å²) in [6, 6.07) is 2.18. The summed E-state index contributed by atoms with van der Waals surface area (Å²) in [7, 11) is 0. The van der Waals surface area contributed by atoms with Crippen molar-refractivity contribution in [2.45, 2.75) is 105 Å². The molecule has 12 nitrogen and oxygen atoms in total. The van der Waals surface area contributed by atoms with Crippen LogP contribution < -0.4 is 22.3 Å². The lowest BCUT2D eigenvalue weighted by Gasteiger charge is -2.19. The molecule has 0 saturated carbocycles. The molecular weight excluding hydrogens is 504 g/mol. The fourth-order valence-electron chi connectivity index (χ4n) is 2.47. The topological polar surface area (TPSA) is 205 Å². The Labute approximate surface area is 228 Å². The Morgan fingerprint density at radius 2 is 1.27 bits per heavy atom. The maximum absolute atomic E-state index is 11.3. The van der Waals surface area contributed by atoms with Crippen molar-refractivity contribution in [2.24, 2.45) is 28.6 Å². The molecule has 0 radical (unpaired) electrons. The van der Waals surface area contributed by atoms with Crippen molar-refractivity contribution < 1.29 is 29.5 Å². The number of carbonyl (C=O) groups excluding carboxylic acids is 2. The average molecular weight is 555 g/mol. The molecule has 0 saturated heterocycles. The molecule has 0 rings (SSSR count). The number of nitrogens with two attached hydrogens (primary N) is 2. The van der Waals surface area contributed by atoms with Crippen LogP contribution in [0.5, 0.6) is 0 Å². The van der Waals surface area contributed by atoms with Gasteiger partial charge in [-0.1, -0.05) is 24.9 Å². The Bertz CT molecular complexity index is 660. The van der Waals surface area contributed by atoms with Crippen LogP contribution in [0, 0.1) is 23.2 Å². The number of hydrogen-bond acceptors (Lipinski definition) is 9. The summed E-state index contributed by atoms with van der Waals surface area (Å²) in [6.07, 6.45) is 4.50. The minimum atomic E-state index is -0.468. The van der Waals surface area contributed by atoms with Crippen LogP contribution >= 0.6 is 12.4 Å². The van der Waals surface area contributed by atoms with Crippen molar-refractivity contribution in [2.75, 3.05) is 13.1 Å². The Balaban J connectivity index is -0.000000270. The first-order chi connectivity index (χ1) is 16.6. The third-order valence-corrected chi connectivity index (χ3v) is 4.31. The van der Waals surface area contributed by atoms with Crippen molar-refractivity contribution >= 4 is 30.4 Å². The van der Waals surface area contributed by atoms with E-state index in [1.54, 1.807) is 0 Å². The van der Waals surface area contributed by atoms with Crippen molar-refractivity contribution in [1.29, 1.82) is 5.26 Å². The fourth-order valence-corrected chi connectivity index (χ4v) is 2.47. The van der Waals surface area contributed by atoms with Gasteiger partial charge >= 0.3 is 12.2 Å². The van der Waals surface area contributed by atoms with E-state index in [4.69, 9.17) is 30.9 Å². The van der Waals surface area contributed by atoms with Gasteiger partial charge < -0.3 is 36.3 Å². The van der Waals surface area contributed by atoms with Crippen molar-refractivity contribution in [1.82, 2.24) is 10.6 Å². The molecular formula is C24H51ClN6O6. The van der Waals surface area contributed by atoms with Gasteiger partial charge in [-0.2, -0.15) is 5.26 Å². The van der Waals surface area contributed by atoms with Gasteiger partial charge in [0.2, 0.25) is 0 Å². The van der Waals surface area contributed by atoms with E-state index < -0.39 is 17.3 Å². The molecule has 0 heterocycles. The number of nitrogens with one attached hydrogen (secondary N) is 2. The number of hydrogen-bond donors (Lipinski definition) is 6. The molecule has 0 aliphatic carbocycles. The van der Waals surface area contributed by atoms with E-state index >= 15 is 0 Å². The highest BCUT2D eigenvalue weighted by molar-refractivity contribution is 5.85. The number of alkyl carbamates (subject to hydrolysis) is 2. The number of nitrogens with zero attached hydrogens (tertiary/aromatic N) is 2. The monoisotopic (exact) mass is 554 g/mol. The number of halogens is 1. The molecule has 0 aliphatic heterocycles. The average Bonchev–Trinajstić information content (AvgIpc) is 2.77. The predicted octanol–water partition coefficient (Wildman–Crippen LogP) is 4.66. The molecule has 37 heavy (non-hydrogen) atoms. The third-order valence-electron chi connectivity index (χ3n) is 4.31. The highest BCUT2D eigenvalue weighted by Crippen LogP contribution is 2.09. The lowest BCUT2D eigenvalue weighted by Crippen LogP contribution is -2.33. The van der Waals surface area contributed by atoms with Crippen molar-refractivity contribution in [3.05, 3.63) is 0 Å². The number of oxime groups is 1. The molecule has 0 fully saturated rings. The van der Waals surface area contributed by atoms with E-state index in [0.717, 1.165) is 38.5 Å². The highest BCUT2D eigenvalue weighted by atomic mass is 35.5.